The van der Waals surface area contributed by atoms with Gasteiger partial charge in [-0.1, -0.05) is 55.3 Å². The van der Waals surface area contributed by atoms with Gasteiger partial charge in [0.05, 0.1) is 21.1 Å². The summed E-state index contributed by atoms with van der Waals surface area (Å²) >= 11 is 12.2. The molecule has 0 aromatic heterocycles. The lowest BCUT2D eigenvalue weighted by molar-refractivity contribution is -0.123. The van der Waals surface area contributed by atoms with Gasteiger partial charge in [-0.3, -0.25) is 4.79 Å². The molecule has 3 rings (SSSR count). The molecule has 0 aliphatic heterocycles. The molecule has 0 spiro atoms. The lowest BCUT2D eigenvalue weighted by Gasteiger charge is -2.37. The highest BCUT2D eigenvalue weighted by molar-refractivity contribution is 6.44. The van der Waals surface area contributed by atoms with E-state index in [0.717, 1.165) is 24.8 Å². The molecule has 112 valence electrons. The van der Waals surface area contributed by atoms with Gasteiger partial charge in [0, 0.05) is 0 Å². The van der Waals surface area contributed by atoms with Crippen LogP contribution in [0, 0.1) is 16.7 Å². The van der Waals surface area contributed by atoms with Crippen molar-refractivity contribution < 1.29 is 4.79 Å². The number of hydrogen-bond acceptors (Lipinski definition) is 1. The Labute approximate surface area is 135 Å². The number of hydrogen-bond donors (Lipinski definition) is 1. The maximum atomic E-state index is 12.9. The number of nitrogens with one attached hydrogen (secondary N) is 1. The second-order valence-electron chi connectivity index (χ2n) is 6.78. The van der Waals surface area contributed by atoms with Gasteiger partial charge >= 0.3 is 0 Å². The van der Waals surface area contributed by atoms with E-state index in [1.54, 1.807) is 18.2 Å². The highest BCUT2D eigenvalue weighted by atomic mass is 35.5. The average molecular weight is 324 g/mol. The zero-order valence-corrected chi connectivity index (χ0v) is 13.8. The highest BCUT2D eigenvalue weighted by Gasteiger charge is 2.60. The van der Waals surface area contributed by atoms with Gasteiger partial charge in [-0.15, -0.1) is 0 Å². The van der Waals surface area contributed by atoms with Crippen LogP contribution in [0.2, 0.25) is 10.0 Å². The molecule has 0 unspecified atom stereocenters. The molecule has 2 aliphatic rings. The number of fused-ring (bicyclic) bond motifs is 2. The third kappa shape index (κ3) is 2.03. The molecule has 21 heavy (non-hydrogen) atoms. The molecular weight excluding hydrogens is 305 g/mol. The fraction of sp³-hybridized carbons (Fsp3) is 0.471. The summed E-state index contributed by atoms with van der Waals surface area (Å²) in [6, 6.07) is 5.27. The summed E-state index contributed by atoms with van der Waals surface area (Å²) in [5, 5.41) is 3.80. The van der Waals surface area contributed by atoms with Gasteiger partial charge in [0.25, 0.3) is 0 Å². The molecule has 2 saturated carbocycles. The first kappa shape index (κ1) is 14.9. The van der Waals surface area contributed by atoms with Crippen LogP contribution in [-0.4, -0.2) is 5.91 Å². The molecule has 1 amide bonds. The summed E-state index contributed by atoms with van der Waals surface area (Å²) in [6.07, 6.45) is 2.86. The van der Waals surface area contributed by atoms with E-state index in [2.05, 4.69) is 25.7 Å². The molecular formula is C17H19Cl2NO. The smallest absolute Gasteiger partial charge is 0.234 e. The second-order valence-corrected chi connectivity index (χ2v) is 7.56. The second kappa shape index (κ2) is 4.76. The summed E-state index contributed by atoms with van der Waals surface area (Å²) in [6.45, 7) is 8.63. The molecule has 4 heteroatoms. The fourth-order valence-corrected chi connectivity index (χ4v) is 4.33. The minimum atomic E-state index is -0.445. The molecule has 1 N–H and O–H groups in total. The third-order valence-electron chi connectivity index (χ3n) is 5.52. The lowest BCUT2D eigenvalue weighted by Crippen LogP contribution is -2.37. The van der Waals surface area contributed by atoms with E-state index in [1.165, 1.54) is 0 Å². The van der Waals surface area contributed by atoms with Crippen molar-refractivity contribution in [1.82, 2.24) is 0 Å². The molecule has 2 aliphatic carbocycles. The minimum absolute atomic E-state index is 0.00439. The quantitative estimate of drug-likeness (QED) is 0.734. The fourth-order valence-electron chi connectivity index (χ4n) is 3.98. The Bertz CT molecular complexity index is 638. The third-order valence-corrected chi connectivity index (χ3v) is 6.34. The molecule has 0 saturated heterocycles. The van der Waals surface area contributed by atoms with Crippen LogP contribution in [0.25, 0.3) is 0 Å². The van der Waals surface area contributed by atoms with Crippen molar-refractivity contribution in [2.45, 2.75) is 33.1 Å². The van der Waals surface area contributed by atoms with Crippen LogP contribution in [0.15, 0.2) is 30.4 Å². The Hall–Kier alpha value is -0.990. The van der Waals surface area contributed by atoms with E-state index >= 15 is 0 Å². The normalized spacial score (nSPS) is 29.7. The van der Waals surface area contributed by atoms with E-state index in [9.17, 15) is 4.79 Å². The van der Waals surface area contributed by atoms with Crippen molar-refractivity contribution in [2.24, 2.45) is 16.7 Å². The van der Waals surface area contributed by atoms with E-state index < -0.39 is 5.41 Å². The maximum absolute atomic E-state index is 12.9. The summed E-state index contributed by atoms with van der Waals surface area (Å²) in [7, 11) is 0. The number of anilines is 1. The van der Waals surface area contributed by atoms with Crippen molar-refractivity contribution in [3.05, 3.63) is 40.4 Å². The number of amides is 1. The van der Waals surface area contributed by atoms with Crippen molar-refractivity contribution in [3.8, 4) is 0 Å². The number of carbonyl (C=O) groups excluding carboxylic acids is 1. The van der Waals surface area contributed by atoms with Gasteiger partial charge in [-0.2, -0.15) is 0 Å². The van der Waals surface area contributed by atoms with Gasteiger partial charge < -0.3 is 5.32 Å². The number of rotatable bonds is 2. The summed E-state index contributed by atoms with van der Waals surface area (Å²) in [5.74, 6) is 0.551. The van der Waals surface area contributed by atoms with Crippen LogP contribution < -0.4 is 5.32 Å². The maximum Gasteiger partial charge on any atom is 0.234 e. The topological polar surface area (TPSA) is 29.1 Å². The minimum Gasteiger partial charge on any atom is -0.324 e. The van der Waals surface area contributed by atoms with Crippen LogP contribution in [0.3, 0.4) is 0 Å². The van der Waals surface area contributed by atoms with Gasteiger partial charge in [0.2, 0.25) is 5.91 Å². The Morgan fingerprint density at radius 1 is 1.38 bits per heavy atom. The predicted octanol–water partition coefficient (Wildman–Crippen LogP) is 5.31. The van der Waals surface area contributed by atoms with Crippen molar-refractivity contribution in [3.63, 3.8) is 0 Å². The molecule has 1 aromatic carbocycles. The molecule has 2 nitrogen and oxygen atoms in total. The first-order chi connectivity index (χ1) is 9.79. The van der Waals surface area contributed by atoms with Crippen molar-refractivity contribution >= 4 is 34.8 Å². The number of carbonyl (C=O) groups is 1. The van der Waals surface area contributed by atoms with Gasteiger partial charge in [-0.05, 0) is 42.7 Å². The Balaban J connectivity index is 1.90. The zero-order valence-electron chi connectivity index (χ0n) is 12.3. The van der Waals surface area contributed by atoms with Crippen LogP contribution in [-0.2, 0) is 4.79 Å². The molecule has 2 bridgehead atoms. The van der Waals surface area contributed by atoms with Gasteiger partial charge in [0.1, 0.15) is 0 Å². The average Bonchev–Trinajstić information content (AvgIpc) is 2.96. The van der Waals surface area contributed by atoms with E-state index in [1.807, 2.05) is 0 Å². The summed E-state index contributed by atoms with van der Waals surface area (Å²) in [5.41, 5.74) is 1.22. The SMILES string of the molecule is C=C1C(C)(C)[C@@H]2CC[C@@]1(C(=O)Nc1cccc(Cl)c1Cl)C2. The van der Waals surface area contributed by atoms with Crippen LogP contribution in [0.1, 0.15) is 33.1 Å². The zero-order chi connectivity index (χ0) is 15.4. The predicted molar refractivity (Wildman–Crippen MR) is 87.8 cm³/mol. The van der Waals surface area contributed by atoms with Crippen LogP contribution >= 0.6 is 23.2 Å². The number of halogens is 2. The van der Waals surface area contributed by atoms with Crippen molar-refractivity contribution in [1.29, 1.82) is 0 Å². The van der Waals surface area contributed by atoms with E-state index in [0.29, 0.717) is 21.7 Å². The monoisotopic (exact) mass is 323 g/mol. The standard InChI is InChI=1S/C17H19Cl2NO/c1-10-16(2,3)11-7-8-17(10,9-11)15(21)20-13-6-4-5-12(18)14(13)19/h4-6,11H,1,7-9H2,2-3H3,(H,20,21)/t11-,17-/m1/s1. The lowest BCUT2D eigenvalue weighted by atomic mass is 9.68. The largest absolute Gasteiger partial charge is 0.324 e. The highest BCUT2D eigenvalue weighted by Crippen LogP contribution is 2.65. The number of benzene rings is 1. The van der Waals surface area contributed by atoms with Crippen LogP contribution in [0.5, 0.6) is 0 Å². The van der Waals surface area contributed by atoms with Crippen LogP contribution in [0.4, 0.5) is 5.69 Å². The van der Waals surface area contributed by atoms with Gasteiger partial charge in [0.15, 0.2) is 0 Å². The first-order valence-electron chi connectivity index (χ1n) is 7.24. The van der Waals surface area contributed by atoms with Gasteiger partial charge in [-0.25, -0.2) is 0 Å². The Morgan fingerprint density at radius 3 is 2.71 bits per heavy atom. The first-order valence-corrected chi connectivity index (χ1v) is 8.00. The molecule has 2 fully saturated rings. The Morgan fingerprint density at radius 2 is 2.10 bits per heavy atom. The molecule has 0 radical (unpaired) electrons. The Kier molecular flexibility index (Phi) is 3.38. The van der Waals surface area contributed by atoms with Crippen molar-refractivity contribution in [2.75, 3.05) is 5.32 Å². The molecule has 2 atom stereocenters. The van der Waals surface area contributed by atoms with E-state index in [4.69, 9.17) is 23.2 Å². The van der Waals surface area contributed by atoms with E-state index in [-0.39, 0.29) is 11.3 Å². The summed E-state index contributed by atoms with van der Waals surface area (Å²) < 4.78 is 0. The molecule has 0 heterocycles. The molecule has 1 aromatic rings. The summed E-state index contributed by atoms with van der Waals surface area (Å²) in [4.78, 5) is 12.9.